The largest absolute Gasteiger partial charge is 0.358 e. The van der Waals surface area contributed by atoms with Crippen molar-refractivity contribution < 1.29 is 0 Å². The zero-order chi connectivity index (χ0) is 12.4. The third-order valence-electron chi connectivity index (χ3n) is 3.10. The number of H-pyrrole nitrogens is 1. The second-order valence-electron chi connectivity index (χ2n) is 4.72. The molecule has 0 amide bonds. The smallest absolute Gasteiger partial charge is 0.0470 e. The minimum atomic E-state index is 0.535. The van der Waals surface area contributed by atoms with Gasteiger partial charge >= 0.3 is 0 Å². The number of aromatic amines is 1. The maximum atomic E-state index is 3.56. The normalized spacial score (nSPS) is 11.6. The van der Waals surface area contributed by atoms with Gasteiger partial charge in [-0.3, -0.25) is 0 Å². The van der Waals surface area contributed by atoms with Crippen molar-refractivity contribution in [2.24, 2.45) is 0 Å². The van der Waals surface area contributed by atoms with Gasteiger partial charge in [-0.2, -0.15) is 0 Å². The van der Waals surface area contributed by atoms with Crippen LogP contribution >= 0.6 is 15.9 Å². The fourth-order valence-electron chi connectivity index (χ4n) is 2.26. The van der Waals surface area contributed by atoms with Crippen molar-refractivity contribution in [1.29, 1.82) is 0 Å². The highest BCUT2D eigenvalue weighted by molar-refractivity contribution is 9.10. The third kappa shape index (κ3) is 2.55. The Balaban J connectivity index is 2.54. The Labute approximate surface area is 111 Å². The average Bonchev–Trinajstić information content (AvgIpc) is 2.64. The predicted octanol–water partition coefficient (Wildman–Crippen LogP) is 3.82. The summed E-state index contributed by atoms with van der Waals surface area (Å²) in [5.41, 5.74) is 4.05. The number of hydrogen-bond donors (Lipinski definition) is 2. The molecule has 0 bridgehead atoms. The second-order valence-corrected chi connectivity index (χ2v) is 5.63. The molecule has 0 spiro atoms. The van der Waals surface area contributed by atoms with Crippen LogP contribution in [0.5, 0.6) is 0 Å². The van der Waals surface area contributed by atoms with Gasteiger partial charge in [-0.25, -0.2) is 0 Å². The highest BCUT2D eigenvalue weighted by atomic mass is 79.9. The van der Waals surface area contributed by atoms with E-state index in [0.717, 1.165) is 17.4 Å². The average molecular weight is 295 g/mol. The lowest BCUT2D eigenvalue weighted by Crippen LogP contribution is -2.11. The molecule has 92 valence electrons. The molecule has 0 atom stereocenters. The zero-order valence-electron chi connectivity index (χ0n) is 10.6. The van der Waals surface area contributed by atoms with E-state index < -0.39 is 0 Å². The van der Waals surface area contributed by atoms with Crippen molar-refractivity contribution >= 4 is 26.8 Å². The second kappa shape index (κ2) is 5.23. The lowest BCUT2D eigenvalue weighted by Gasteiger charge is -2.07. The minimum Gasteiger partial charge on any atom is -0.358 e. The van der Waals surface area contributed by atoms with Gasteiger partial charge in [0.25, 0.3) is 0 Å². The van der Waals surface area contributed by atoms with E-state index in [-0.39, 0.29) is 0 Å². The van der Waals surface area contributed by atoms with Crippen molar-refractivity contribution in [3.8, 4) is 0 Å². The van der Waals surface area contributed by atoms with E-state index >= 15 is 0 Å². The maximum absolute atomic E-state index is 3.56. The molecule has 0 fully saturated rings. The molecule has 2 aromatic rings. The number of rotatable bonds is 4. The molecule has 1 aromatic carbocycles. The van der Waals surface area contributed by atoms with E-state index in [4.69, 9.17) is 0 Å². The number of benzene rings is 1. The number of aromatic nitrogens is 1. The molecule has 0 saturated heterocycles. The first-order valence-corrected chi connectivity index (χ1v) is 6.87. The molecule has 2 N–H and O–H groups in total. The Hall–Kier alpha value is -0.800. The maximum Gasteiger partial charge on any atom is 0.0470 e. The highest BCUT2D eigenvalue weighted by Gasteiger charge is 2.13. The van der Waals surface area contributed by atoms with Gasteiger partial charge in [0.1, 0.15) is 0 Å². The van der Waals surface area contributed by atoms with Crippen LogP contribution in [-0.2, 0) is 6.42 Å². The van der Waals surface area contributed by atoms with Crippen LogP contribution in [0.1, 0.15) is 31.0 Å². The van der Waals surface area contributed by atoms with Crippen LogP contribution in [0, 0.1) is 0 Å². The first kappa shape index (κ1) is 12.7. The number of hydrogen-bond acceptors (Lipinski definition) is 1. The Bertz CT molecular complexity index is 514. The van der Waals surface area contributed by atoms with Crippen molar-refractivity contribution in [2.75, 3.05) is 13.6 Å². The summed E-state index contributed by atoms with van der Waals surface area (Å²) in [6.45, 7) is 5.49. The Morgan fingerprint density at radius 1 is 1.35 bits per heavy atom. The number of likely N-dealkylation sites (N-methyl/N-ethyl adjacent to an activating group) is 1. The van der Waals surface area contributed by atoms with Crippen LogP contribution in [0.4, 0.5) is 0 Å². The minimum absolute atomic E-state index is 0.535. The SMILES string of the molecule is CNCCc1c(C(C)C)[nH]c2cc(Br)ccc12. The summed E-state index contributed by atoms with van der Waals surface area (Å²) in [6, 6.07) is 6.47. The van der Waals surface area contributed by atoms with E-state index in [1.54, 1.807) is 0 Å². The van der Waals surface area contributed by atoms with Gasteiger partial charge in [-0.1, -0.05) is 35.8 Å². The van der Waals surface area contributed by atoms with Gasteiger partial charge in [0.2, 0.25) is 0 Å². The van der Waals surface area contributed by atoms with E-state index in [1.165, 1.54) is 22.2 Å². The zero-order valence-corrected chi connectivity index (χ0v) is 12.2. The lowest BCUT2D eigenvalue weighted by atomic mass is 10.0. The molecule has 0 unspecified atom stereocenters. The first-order chi connectivity index (χ1) is 8.13. The molecule has 0 radical (unpaired) electrons. The molecular formula is C14H19BrN2. The molecule has 3 heteroatoms. The van der Waals surface area contributed by atoms with E-state index in [0.29, 0.717) is 5.92 Å². The third-order valence-corrected chi connectivity index (χ3v) is 3.60. The van der Waals surface area contributed by atoms with Gasteiger partial charge in [-0.05, 0) is 43.6 Å². The molecule has 0 aliphatic carbocycles. The van der Waals surface area contributed by atoms with Gasteiger partial charge in [0.15, 0.2) is 0 Å². The molecular weight excluding hydrogens is 276 g/mol. The number of halogens is 1. The van der Waals surface area contributed by atoms with E-state index in [1.807, 2.05) is 7.05 Å². The topological polar surface area (TPSA) is 27.8 Å². The monoisotopic (exact) mass is 294 g/mol. The quantitative estimate of drug-likeness (QED) is 0.882. The van der Waals surface area contributed by atoms with Crippen LogP contribution in [0.25, 0.3) is 10.9 Å². The van der Waals surface area contributed by atoms with Crippen molar-refractivity contribution in [3.05, 3.63) is 33.9 Å². The van der Waals surface area contributed by atoms with Crippen LogP contribution in [0.2, 0.25) is 0 Å². The van der Waals surface area contributed by atoms with E-state index in [2.05, 4.69) is 58.3 Å². The summed E-state index contributed by atoms with van der Waals surface area (Å²) in [5, 5.41) is 4.58. The summed E-state index contributed by atoms with van der Waals surface area (Å²) < 4.78 is 1.13. The van der Waals surface area contributed by atoms with Crippen LogP contribution < -0.4 is 5.32 Å². The summed E-state index contributed by atoms with van der Waals surface area (Å²) in [7, 11) is 2.00. The summed E-state index contributed by atoms with van der Waals surface area (Å²) in [5.74, 6) is 0.535. The van der Waals surface area contributed by atoms with Gasteiger partial charge in [0.05, 0.1) is 0 Å². The van der Waals surface area contributed by atoms with Crippen LogP contribution in [0.15, 0.2) is 22.7 Å². The predicted molar refractivity (Wildman–Crippen MR) is 77.7 cm³/mol. The molecule has 1 aromatic heterocycles. The Kier molecular flexibility index (Phi) is 3.89. The molecule has 1 heterocycles. The Morgan fingerprint density at radius 3 is 2.76 bits per heavy atom. The van der Waals surface area contributed by atoms with E-state index in [9.17, 15) is 0 Å². The van der Waals surface area contributed by atoms with Gasteiger partial charge < -0.3 is 10.3 Å². The molecule has 17 heavy (non-hydrogen) atoms. The van der Waals surface area contributed by atoms with Crippen molar-refractivity contribution in [2.45, 2.75) is 26.2 Å². The van der Waals surface area contributed by atoms with Gasteiger partial charge in [-0.15, -0.1) is 0 Å². The molecule has 2 nitrogen and oxygen atoms in total. The summed E-state index contributed by atoms with van der Waals surface area (Å²) in [4.78, 5) is 3.56. The molecule has 0 saturated carbocycles. The van der Waals surface area contributed by atoms with Crippen LogP contribution in [0.3, 0.4) is 0 Å². The van der Waals surface area contributed by atoms with Crippen LogP contribution in [-0.4, -0.2) is 18.6 Å². The Morgan fingerprint density at radius 2 is 2.12 bits per heavy atom. The van der Waals surface area contributed by atoms with Crippen molar-refractivity contribution in [3.63, 3.8) is 0 Å². The number of nitrogens with one attached hydrogen (secondary N) is 2. The summed E-state index contributed by atoms with van der Waals surface area (Å²) >= 11 is 3.52. The molecule has 2 rings (SSSR count). The standard InChI is InChI=1S/C14H19BrN2/c1-9(2)14-12(6-7-16-3)11-5-4-10(15)8-13(11)17-14/h4-5,8-9,16-17H,6-7H2,1-3H3. The number of fused-ring (bicyclic) bond motifs is 1. The molecule has 0 aliphatic heterocycles. The van der Waals surface area contributed by atoms with Gasteiger partial charge in [0, 0.05) is 21.1 Å². The lowest BCUT2D eigenvalue weighted by molar-refractivity contribution is 0.764. The molecule has 0 aliphatic rings. The fourth-order valence-corrected chi connectivity index (χ4v) is 2.62. The fraction of sp³-hybridized carbons (Fsp3) is 0.429. The first-order valence-electron chi connectivity index (χ1n) is 6.08. The summed E-state index contributed by atoms with van der Waals surface area (Å²) in [6.07, 6.45) is 1.08. The van der Waals surface area contributed by atoms with Crippen molar-refractivity contribution in [1.82, 2.24) is 10.3 Å². The highest BCUT2D eigenvalue weighted by Crippen LogP contribution is 2.29.